The van der Waals surface area contributed by atoms with Gasteiger partial charge in [-0.2, -0.15) is 18.2 Å². The van der Waals surface area contributed by atoms with Crippen LogP contribution in [0.1, 0.15) is 39.9 Å². The van der Waals surface area contributed by atoms with Crippen LogP contribution in [0.2, 0.25) is 0 Å². The number of hydrogen-bond donors (Lipinski definition) is 3. The van der Waals surface area contributed by atoms with E-state index in [0.29, 0.717) is 48.7 Å². The van der Waals surface area contributed by atoms with E-state index >= 15 is 0 Å². The third-order valence-corrected chi connectivity index (χ3v) is 6.76. The number of amides is 3. The molecule has 39 heavy (non-hydrogen) atoms. The highest BCUT2D eigenvalue weighted by atomic mass is 19.4. The number of likely N-dealkylation sites (tertiary alicyclic amines) is 1. The lowest BCUT2D eigenvalue weighted by atomic mass is 10.1. The zero-order valence-electron chi connectivity index (χ0n) is 21.3. The number of nitrogens with one attached hydrogen (secondary N) is 3. The van der Waals surface area contributed by atoms with Gasteiger partial charge in [0, 0.05) is 55.9 Å². The van der Waals surface area contributed by atoms with E-state index in [9.17, 15) is 22.8 Å². The Morgan fingerprint density at radius 2 is 1.90 bits per heavy atom. The van der Waals surface area contributed by atoms with E-state index in [4.69, 9.17) is 0 Å². The number of benzene rings is 2. The third kappa shape index (κ3) is 5.89. The Hall–Kier alpha value is -4.35. The number of alkyl halides is 3. The first-order chi connectivity index (χ1) is 18.7. The van der Waals surface area contributed by atoms with Crippen LogP contribution in [-0.4, -0.2) is 53.0 Å². The summed E-state index contributed by atoms with van der Waals surface area (Å²) in [6.07, 6.45) is -2.00. The zero-order valence-corrected chi connectivity index (χ0v) is 21.3. The van der Waals surface area contributed by atoms with Crippen LogP contribution in [0.25, 0.3) is 0 Å². The summed E-state index contributed by atoms with van der Waals surface area (Å²) in [4.78, 5) is 36.2. The molecule has 9 nitrogen and oxygen atoms in total. The molecule has 0 saturated carbocycles. The maximum atomic E-state index is 13.8. The van der Waals surface area contributed by atoms with E-state index in [0.717, 1.165) is 24.6 Å². The molecule has 2 aromatic carbocycles. The normalized spacial score (nSPS) is 15.4. The largest absolute Gasteiger partial charge is 0.421 e. The second-order valence-electron chi connectivity index (χ2n) is 9.51. The number of urea groups is 1. The lowest BCUT2D eigenvalue weighted by molar-refractivity contribution is -0.137. The topological polar surface area (TPSA) is 102 Å². The maximum absolute atomic E-state index is 13.8. The summed E-state index contributed by atoms with van der Waals surface area (Å²) >= 11 is 0. The second-order valence-corrected chi connectivity index (χ2v) is 9.51. The van der Waals surface area contributed by atoms with Crippen LogP contribution in [0.5, 0.6) is 0 Å². The Morgan fingerprint density at radius 1 is 1.10 bits per heavy atom. The average molecular weight is 540 g/mol. The molecule has 0 atom stereocenters. The van der Waals surface area contributed by atoms with E-state index in [-0.39, 0.29) is 30.2 Å². The number of hydrogen-bond acceptors (Lipinski definition) is 6. The van der Waals surface area contributed by atoms with Crippen molar-refractivity contribution in [1.82, 2.24) is 20.2 Å². The van der Waals surface area contributed by atoms with Crippen LogP contribution in [0, 0.1) is 6.92 Å². The Morgan fingerprint density at radius 3 is 2.62 bits per heavy atom. The average Bonchev–Trinajstić information content (AvgIpc) is 3.60. The minimum Gasteiger partial charge on any atom is -0.365 e. The summed E-state index contributed by atoms with van der Waals surface area (Å²) in [5.74, 6) is -0.506. The Bertz CT molecular complexity index is 1390. The summed E-state index contributed by atoms with van der Waals surface area (Å²) < 4.78 is 41.3. The predicted molar refractivity (Wildman–Crippen MR) is 141 cm³/mol. The van der Waals surface area contributed by atoms with E-state index in [1.807, 2.05) is 6.92 Å². The number of carbonyl (C=O) groups excluding carboxylic acids is 2. The molecule has 0 radical (unpaired) electrons. The van der Waals surface area contributed by atoms with Crippen LogP contribution >= 0.6 is 0 Å². The smallest absolute Gasteiger partial charge is 0.365 e. The van der Waals surface area contributed by atoms with Gasteiger partial charge in [0.25, 0.3) is 5.91 Å². The molecule has 5 rings (SSSR count). The minimum absolute atomic E-state index is 0.0399. The van der Waals surface area contributed by atoms with Gasteiger partial charge >= 0.3 is 12.2 Å². The number of anilines is 4. The fraction of sp³-hybridized carbons (Fsp3) is 0.333. The van der Waals surface area contributed by atoms with Crippen LogP contribution in [0.4, 0.5) is 41.1 Å². The maximum Gasteiger partial charge on any atom is 0.421 e. The number of aryl methyl sites for hydroxylation is 1. The van der Waals surface area contributed by atoms with E-state index in [2.05, 4.69) is 25.9 Å². The lowest BCUT2D eigenvalue weighted by Gasteiger charge is -2.18. The van der Waals surface area contributed by atoms with Gasteiger partial charge in [0.2, 0.25) is 5.95 Å². The fourth-order valence-corrected chi connectivity index (χ4v) is 4.64. The minimum atomic E-state index is -4.67. The Kier molecular flexibility index (Phi) is 7.27. The van der Waals surface area contributed by atoms with Crippen molar-refractivity contribution >= 4 is 35.1 Å². The molecule has 12 heteroatoms. The molecule has 1 aromatic heterocycles. The highest BCUT2D eigenvalue weighted by Gasteiger charge is 2.35. The van der Waals surface area contributed by atoms with Crippen molar-refractivity contribution in [3.05, 3.63) is 70.9 Å². The van der Waals surface area contributed by atoms with Crippen molar-refractivity contribution in [3.63, 3.8) is 0 Å². The van der Waals surface area contributed by atoms with Crippen LogP contribution in [0.15, 0.2) is 48.7 Å². The molecule has 2 aliphatic rings. The first-order valence-electron chi connectivity index (χ1n) is 12.7. The van der Waals surface area contributed by atoms with Gasteiger partial charge in [-0.05, 0) is 55.2 Å². The number of aromatic nitrogens is 2. The van der Waals surface area contributed by atoms with Gasteiger partial charge in [-0.15, -0.1) is 0 Å². The van der Waals surface area contributed by atoms with Gasteiger partial charge in [-0.3, -0.25) is 9.69 Å². The molecular formula is C27H28F3N7O2. The van der Waals surface area contributed by atoms with Gasteiger partial charge in [-0.25, -0.2) is 9.78 Å². The van der Waals surface area contributed by atoms with Crippen molar-refractivity contribution in [2.24, 2.45) is 0 Å². The van der Waals surface area contributed by atoms with Gasteiger partial charge < -0.3 is 20.9 Å². The summed E-state index contributed by atoms with van der Waals surface area (Å²) in [7, 11) is 0. The van der Waals surface area contributed by atoms with Gasteiger partial charge in [0.15, 0.2) is 0 Å². The van der Waals surface area contributed by atoms with Gasteiger partial charge in [0.1, 0.15) is 11.4 Å². The molecule has 0 bridgehead atoms. The molecule has 2 aliphatic heterocycles. The van der Waals surface area contributed by atoms with Crippen molar-refractivity contribution in [2.75, 3.05) is 41.7 Å². The summed E-state index contributed by atoms with van der Waals surface area (Å²) in [6.45, 7) is 4.33. The van der Waals surface area contributed by atoms with Crippen LogP contribution in [0.3, 0.4) is 0 Å². The van der Waals surface area contributed by atoms with Gasteiger partial charge in [0.05, 0.1) is 0 Å². The number of nitrogens with zero attached hydrogens (tertiary/aromatic N) is 4. The summed E-state index contributed by atoms with van der Waals surface area (Å²) in [5, 5.41) is 8.48. The van der Waals surface area contributed by atoms with Gasteiger partial charge in [-0.1, -0.05) is 18.2 Å². The zero-order chi connectivity index (χ0) is 27.6. The molecule has 204 valence electrons. The molecule has 0 aliphatic carbocycles. The third-order valence-electron chi connectivity index (χ3n) is 6.76. The number of rotatable bonds is 7. The van der Waals surface area contributed by atoms with Crippen LogP contribution < -0.4 is 20.9 Å². The predicted octanol–water partition coefficient (Wildman–Crippen LogP) is 4.93. The molecule has 0 unspecified atom stereocenters. The summed E-state index contributed by atoms with van der Waals surface area (Å²) in [6, 6.07) is 12.0. The van der Waals surface area contributed by atoms with E-state index in [1.165, 1.54) is 0 Å². The molecule has 2 saturated heterocycles. The molecule has 2 fully saturated rings. The second kappa shape index (κ2) is 10.8. The fourth-order valence-electron chi connectivity index (χ4n) is 4.64. The molecule has 0 spiro atoms. The van der Waals surface area contributed by atoms with E-state index < -0.39 is 11.7 Å². The Balaban J connectivity index is 1.37. The Labute approximate surface area is 223 Å². The highest BCUT2D eigenvalue weighted by Crippen LogP contribution is 2.34. The summed E-state index contributed by atoms with van der Waals surface area (Å²) in [5.41, 5.74) is 2.14. The van der Waals surface area contributed by atoms with E-state index in [1.54, 1.807) is 52.3 Å². The first kappa shape index (κ1) is 26.3. The van der Waals surface area contributed by atoms with Crippen molar-refractivity contribution in [2.45, 2.75) is 32.5 Å². The molecule has 3 aromatic rings. The van der Waals surface area contributed by atoms with Crippen molar-refractivity contribution in [3.8, 4) is 0 Å². The number of carbonyl (C=O) groups is 2. The van der Waals surface area contributed by atoms with Crippen molar-refractivity contribution < 1.29 is 22.8 Å². The van der Waals surface area contributed by atoms with Crippen LogP contribution in [-0.2, 0) is 12.7 Å². The SMILES string of the molecule is Cc1ccc(C(=O)N2CCCC2)cc1Nc1ncc(C(F)(F)F)c(NCc2cccc(N3CCNC3=O)c2)n1. The monoisotopic (exact) mass is 539 g/mol. The molecule has 3 heterocycles. The quantitative estimate of drug-likeness (QED) is 0.394. The lowest BCUT2D eigenvalue weighted by Crippen LogP contribution is -2.27. The number of halogens is 3. The molecule has 3 amide bonds. The highest BCUT2D eigenvalue weighted by molar-refractivity contribution is 5.96. The molecule has 3 N–H and O–H groups in total. The first-order valence-corrected chi connectivity index (χ1v) is 12.7. The molecular weight excluding hydrogens is 511 g/mol. The van der Waals surface area contributed by atoms with Crippen molar-refractivity contribution in [1.29, 1.82) is 0 Å². The standard InChI is InChI=1S/C27H28F3N7O2/c1-17-7-8-19(24(38)36-10-2-3-11-36)14-22(17)34-25-33-16-21(27(28,29)30)23(35-25)32-15-18-5-4-6-20(13-18)37-12-9-31-26(37)39/h4-8,13-14,16H,2-3,9-12,15H2,1H3,(H,31,39)(H2,32,33,34,35).